The number of anilines is 1. The van der Waals surface area contributed by atoms with E-state index in [4.69, 9.17) is 6.42 Å². The maximum absolute atomic E-state index is 13.6. The van der Waals surface area contributed by atoms with Crippen LogP contribution >= 0.6 is 0 Å². The summed E-state index contributed by atoms with van der Waals surface area (Å²) in [6.07, 6.45) is 5.01. The fourth-order valence-electron chi connectivity index (χ4n) is 2.76. The van der Waals surface area contributed by atoms with Crippen molar-refractivity contribution >= 4 is 11.6 Å². The third kappa shape index (κ3) is 3.17. The number of alkyl halides is 2. The molecule has 26 heavy (non-hydrogen) atoms. The molecule has 0 saturated heterocycles. The SMILES string of the molecule is C#Cc1ccc(-c2ccccc2NC(=O)C2(C(F)F)C=CN(C)N2)cc1. The van der Waals surface area contributed by atoms with Crippen LogP contribution in [0.2, 0.25) is 0 Å². The topological polar surface area (TPSA) is 44.4 Å². The van der Waals surface area contributed by atoms with Gasteiger partial charge in [-0.05, 0) is 29.8 Å². The predicted octanol–water partition coefficient (Wildman–Crippen LogP) is 3.24. The first kappa shape index (κ1) is 17.6. The van der Waals surface area contributed by atoms with Crippen molar-refractivity contribution in [2.75, 3.05) is 12.4 Å². The maximum atomic E-state index is 13.6. The van der Waals surface area contributed by atoms with Crippen LogP contribution in [0.1, 0.15) is 5.56 Å². The number of nitrogens with zero attached hydrogens (tertiary/aromatic N) is 1. The molecule has 1 unspecified atom stereocenters. The van der Waals surface area contributed by atoms with Gasteiger partial charge in [-0.1, -0.05) is 36.3 Å². The summed E-state index contributed by atoms with van der Waals surface area (Å²) in [6, 6.07) is 14.2. The standard InChI is InChI=1S/C20H17F2N3O/c1-3-14-8-10-15(11-9-14)16-6-4-5-7-17(16)23-19(26)20(18(21)22)12-13-25(2)24-20/h1,4-13,18,24H,2H3,(H,23,26). The van der Waals surface area contributed by atoms with E-state index in [0.717, 1.165) is 17.2 Å². The molecule has 0 fully saturated rings. The number of hydrogen-bond donors (Lipinski definition) is 2. The molecule has 132 valence electrons. The van der Waals surface area contributed by atoms with Gasteiger partial charge in [0.2, 0.25) is 0 Å². The molecule has 1 aliphatic heterocycles. The minimum absolute atomic E-state index is 0.440. The summed E-state index contributed by atoms with van der Waals surface area (Å²) < 4.78 is 27.2. The normalized spacial score (nSPS) is 18.8. The maximum Gasteiger partial charge on any atom is 0.270 e. The van der Waals surface area contributed by atoms with Crippen LogP contribution < -0.4 is 10.7 Å². The molecule has 2 aromatic rings. The minimum atomic E-state index is -2.91. The van der Waals surface area contributed by atoms with Crippen LogP contribution in [0.15, 0.2) is 60.8 Å². The minimum Gasteiger partial charge on any atom is -0.323 e. The van der Waals surface area contributed by atoms with Gasteiger partial charge >= 0.3 is 0 Å². The number of terminal acetylenes is 1. The molecule has 0 aromatic heterocycles. The van der Waals surface area contributed by atoms with Gasteiger partial charge in [0, 0.05) is 30.1 Å². The van der Waals surface area contributed by atoms with E-state index in [9.17, 15) is 13.6 Å². The fraction of sp³-hybridized carbons (Fsp3) is 0.150. The summed E-state index contributed by atoms with van der Waals surface area (Å²) in [5.41, 5.74) is 3.10. The summed E-state index contributed by atoms with van der Waals surface area (Å²) in [7, 11) is 1.55. The highest BCUT2D eigenvalue weighted by molar-refractivity contribution is 6.03. The zero-order valence-corrected chi connectivity index (χ0v) is 14.0. The van der Waals surface area contributed by atoms with Crippen molar-refractivity contribution in [3.8, 4) is 23.5 Å². The third-order valence-electron chi connectivity index (χ3n) is 4.18. The molecule has 1 atom stereocenters. The van der Waals surface area contributed by atoms with E-state index in [0.29, 0.717) is 11.3 Å². The number of nitrogens with one attached hydrogen (secondary N) is 2. The lowest BCUT2D eigenvalue weighted by atomic mass is 9.98. The van der Waals surface area contributed by atoms with Gasteiger partial charge in [0.25, 0.3) is 12.3 Å². The van der Waals surface area contributed by atoms with Gasteiger partial charge in [-0.2, -0.15) is 0 Å². The molecule has 4 nitrogen and oxygen atoms in total. The summed E-state index contributed by atoms with van der Waals surface area (Å²) in [6.45, 7) is 0. The van der Waals surface area contributed by atoms with Crippen LogP contribution in [0.4, 0.5) is 14.5 Å². The smallest absolute Gasteiger partial charge is 0.270 e. The van der Waals surface area contributed by atoms with Crippen LogP contribution in [0.3, 0.4) is 0 Å². The number of carbonyl (C=O) groups is 1. The molecule has 6 heteroatoms. The van der Waals surface area contributed by atoms with Crippen LogP contribution in [0.5, 0.6) is 0 Å². The first-order chi connectivity index (χ1) is 12.5. The second kappa shape index (κ2) is 6.98. The van der Waals surface area contributed by atoms with Gasteiger partial charge in [-0.25, -0.2) is 14.2 Å². The van der Waals surface area contributed by atoms with E-state index in [1.807, 2.05) is 18.2 Å². The molecule has 0 bridgehead atoms. The molecule has 2 N–H and O–H groups in total. The third-order valence-corrected chi connectivity index (χ3v) is 4.18. The van der Waals surface area contributed by atoms with E-state index in [1.165, 1.54) is 11.2 Å². The van der Waals surface area contributed by atoms with E-state index in [2.05, 4.69) is 16.7 Å². The van der Waals surface area contributed by atoms with E-state index in [-0.39, 0.29) is 0 Å². The van der Waals surface area contributed by atoms with Gasteiger partial charge in [-0.15, -0.1) is 6.42 Å². The quantitative estimate of drug-likeness (QED) is 0.830. The molecule has 1 heterocycles. The number of amides is 1. The number of rotatable bonds is 4. The van der Waals surface area contributed by atoms with E-state index in [1.54, 1.807) is 37.4 Å². The lowest BCUT2D eigenvalue weighted by molar-refractivity contribution is -0.127. The first-order valence-electron chi connectivity index (χ1n) is 7.92. The van der Waals surface area contributed by atoms with Crippen molar-refractivity contribution in [3.63, 3.8) is 0 Å². The Balaban J connectivity index is 1.92. The Bertz CT molecular complexity index is 887. The number of hydrazine groups is 1. The molecule has 2 aromatic carbocycles. The highest BCUT2D eigenvalue weighted by atomic mass is 19.3. The first-order valence-corrected chi connectivity index (χ1v) is 7.92. The van der Waals surface area contributed by atoms with Crippen molar-refractivity contribution < 1.29 is 13.6 Å². The largest absolute Gasteiger partial charge is 0.323 e. The lowest BCUT2D eigenvalue weighted by Gasteiger charge is -2.28. The zero-order valence-electron chi connectivity index (χ0n) is 14.0. The van der Waals surface area contributed by atoms with Crippen molar-refractivity contribution in [1.82, 2.24) is 10.4 Å². The van der Waals surface area contributed by atoms with Crippen LogP contribution in [-0.4, -0.2) is 29.9 Å². The van der Waals surface area contributed by atoms with Crippen LogP contribution in [0.25, 0.3) is 11.1 Å². The fourth-order valence-corrected chi connectivity index (χ4v) is 2.76. The molecule has 0 saturated carbocycles. The molecule has 3 rings (SSSR count). The second-order valence-electron chi connectivity index (χ2n) is 5.93. The average molecular weight is 353 g/mol. The van der Waals surface area contributed by atoms with Gasteiger partial charge in [0.05, 0.1) is 0 Å². The Labute approximate surface area is 150 Å². The highest BCUT2D eigenvalue weighted by Crippen LogP contribution is 2.30. The molecule has 0 radical (unpaired) electrons. The highest BCUT2D eigenvalue weighted by Gasteiger charge is 2.48. The Morgan fingerprint density at radius 3 is 2.50 bits per heavy atom. The number of carbonyl (C=O) groups excluding carboxylic acids is 1. The number of benzene rings is 2. The number of halogens is 2. The van der Waals surface area contributed by atoms with Gasteiger partial charge in [0.1, 0.15) is 0 Å². The Hall–Kier alpha value is -3.17. The Morgan fingerprint density at radius 2 is 1.92 bits per heavy atom. The van der Waals surface area contributed by atoms with Gasteiger partial charge in [-0.3, -0.25) is 4.79 Å². The predicted molar refractivity (Wildman–Crippen MR) is 97.2 cm³/mol. The molecule has 1 amide bonds. The zero-order chi connectivity index (χ0) is 18.7. The van der Waals surface area contributed by atoms with Gasteiger partial charge in [0.15, 0.2) is 5.54 Å². The molecular weight excluding hydrogens is 336 g/mol. The van der Waals surface area contributed by atoms with Crippen molar-refractivity contribution in [3.05, 3.63) is 66.4 Å². The Morgan fingerprint density at radius 1 is 1.23 bits per heavy atom. The van der Waals surface area contributed by atoms with E-state index < -0.39 is 17.9 Å². The number of hydrogen-bond acceptors (Lipinski definition) is 3. The van der Waals surface area contributed by atoms with Gasteiger partial charge < -0.3 is 10.3 Å². The van der Waals surface area contributed by atoms with Crippen molar-refractivity contribution in [1.29, 1.82) is 0 Å². The Kier molecular flexibility index (Phi) is 4.74. The van der Waals surface area contributed by atoms with E-state index >= 15 is 0 Å². The van der Waals surface area contributed by atoms with Crippen molar-refractivity contribution in [2.45, 2.75) is 12.0 Å². The summed E-state index contributed by atoms with van der Waals surface area (Å²) in [4.78, 5) is 12.6. The molecule has 0 spiro atoms. The van der Waals surface area contributed by atoms with Crippen molar-refractivity contribution in [2.24, 2.45) is 0 Å². The molecular formula is C20H17F2N3O. The summed E-state index contributed by atoms with van der Waals surface area (Å²) in [5.74, 6) is 1.70. The summed E-state index contributed by atoms with van der Waals surface area (Å²) >= 11 is 0. The van der Waals surface area contributed by atoms with Crippen LogP contribution in [-0.2, 0) is 4.79 Å². The summed E-state index contributed by atoms with van der Waals surface area (Å²) in [5, 5.41) is 3.95. The monoisotopic (exact) mass is 353 g/mol. The second-order valence-corrected chi connectivity index (χ2v) is 5.93. The molecule has 0 aliphatic carbocycles. The average Bonchev–Trinajstić information content (AvgIpc) is 3.06. The number of para-hydroxylation sites is 1. The molecule has 1 aliphatic rings. The van der Waals surface area contributed by atoms with Crippen LogP contribution in [0, 0.1) is 12.3 Å². The lowest BCUT2D eigenvalue weighted by Crippen LogP contribution is -2.58.